The molecule has 0 bridgehead atoms. The molecule has 2 aromatic carbocycles. The number of nitrogens with one attached hydrogen (secondary N) is 4. The molecule has 20 nitrogen and oxygen atoms in total. The van der Waals surface area contributed by atoms with E-state index in [9.17, 15) is 39.0 Å². The van der Waals surface area contributed by atoms with Crippen LogP contribution in [0, 0.1) is 0 Å². The van der Waals surface area contributed by atoms with E-state index in [1.54, 1.807) is 48.7 Å². The van der Waals surface area contributed by atoms with Crippen molar-refractivity contribution in [1.29, 1.82) is 0 Å². The summed E-state index contributed by atoms with van der Waals surface area (Å²) < 4.78 is 0. The van der Waals surface area contributed by atoms with Gasteiger partial charge in [0.15, 0.2) is 17.0 Å². The van der Waals surface area contributed by atoms with Gasteiger partial charge in [-0.3, -0.25) is 28.9 Å². The number of fused-ring (bicyclic) bond motifs is 2. The monoisotopic (exact) mass is 838 g/mol. The minimum Gasteiger partial charge on any atom is -0.480 e. The summed E-state index contributed by atoms with van der Waals surface area (Å²) in [4.78, 5) is 95.0. The fraction of sp³-hybridized carbons (Fsp3) is 0.415. The molecule has 2 unspecified atom stereocenters. The number of aliphatic hydroxyl groups excluding tert-OH is 1. The molecule has 0 radical (unpaired) electrons. The maximum atomic E-state index is 13.3. The SMILES string of the molecule is CN(Cc1cnc2nc(N)nc(N)c2n1)c1ccc(C(=O)N[C@@H](CCC(=O)NCCCCCCCCNc2cccc3c2C(=O)N(C2CCC(=O)NC2O)C3=O)C(=O)O)cc1. The molecule has 4 heterocycles. The van der Waals surface area contributed by atoms with Gasteiger partial charge in [-0.15, -0.1) is 0 Å². The molecule has 20 heteroatoms. The summed E-state index contributed by atoms with van der Waals surface area (Å²) in [7, 11) is 1.83. The Balaban J connectivity index is 0.839. The van der Waals surface area contributed by atoms with E-state index in [1.165, 1.54) is 0 Å². The molecule has 2 aliphatic heterocycles. The van der Waals surface area contributed by atoms with Crippen molar-refractivity contribution in [2.45, 2.75) is 89.1 Å². The molecule has 1 fully saturated rings. The summed E-state index contributed by atoms with van der Waals surface area (Å²) >= 11 is 0. The lowest BCUT2D eigenvalue weighted by molar-refractivity contribution is -0.139. The van der Waals surface area contributed by atoms with Gasteiger partial charge in [-0.05, 0) is 62.1 Å². The largest absolute Gasteiger partial charge is 0.480 e. The number of nitrogens with zero attached hydrogens (tertiary/aromatic N) is 6. The van der Waals surface area contributed by atoms with Crippen molar-refractivity contribution in [3.8, 4) is 0 Å². The number of aliphatic hydroxyl groups is 1. The first-order valence-corrected chi connectivity index (χ1v) is 20.2. The molecule has 0 aliphatic carbocycles. The number of piperidine rings is 1. The van der Waals surface area contributed by atoms with E-state index in [0.29, 0.717) is 36.5 Å². The molecule has 1 saturated heterocycles. The first-order valence-electron chi connectivity index (χ1n) is 20.2. The van der Waals surface area contributed by atoms with Crippen LogP contribution in [0.25, 0.3) is 11.2 Å². The van der Waals surface area contributed by atoms with Gasteiger partial charge in [-0.1, -0.05) is 31.7 Å². The number of anilines is 4. The van der Waals surface area contributed by atoms with E-state index < -0.39 is 42.0 Å². The molecule has 10 N–H and O–H groups in total. The summed E-state index contributed by atoms with van der Waals surface area (Å²) in [6.07, 6.45) is 5.72. The highest BCUT2D eigenvalue weighted by Gasteiger charge is 2.45. The van der Waals surface area contributed by atoms with Crippen molar-refractivity contribution >= 4 is 69.8 Å². The minimum atomic E-state index is -1.31. The number of aromatic nitrogens is 4. The number of aliphatic carboxylic acids is 1. The smallest absolute Gasteiger partial charge is 0.326 e. The van der Waals surface area contributed by atoms with Crippen LogP contribution in [0.1, 0.15) is 101 Å². The summed E-state index contributed by atoms with van der Waals surface area (Å²) in [6, 6.07) is 9.56. The van der Waals surface area contributed by atoms with Crippen LogP contribution in [0.15, 0.2) is 48.7 Å². The predicted octanol–water partition coefficient (Wildman–Crippen LogP) is 1.95. The number of carbonyl (C=O) groups is 6. The molecular weight excluding hydrogens is 789 g/mol. The number of hydrogen-bond acceptors (Lipinski definition) is 15. The average molecular weight is 839 g/mol. The molecule has 2 aromatic heterocycles. The number of imide groups is 1. The number of carbonyl (C=O) groups excluding carboxylic acids is 5. The highest BCUT2D eigenvalue weighted by Crippen LogP contribution is 2.33. The Bertz CT molecular complexity index is 2290. The van der Waals surface area contributed by atoms with Crippen LogP contribution in [0.2, 0.25) is 0 Å². The van der Waals surface area contributed by atoms with Crippen LogP contribution in [-0.4, -0.2) is 109 Å². The van der Waals surface area contributed by atoms with Gasteiger partial charge in [0, 0.05) is 49.9 Å². The highest BCUT2D eigenvalue weighted by molar-refractivity contribution is 6.24. The zero-order valence-corrected chi connectivity index (χ0v) is 33.7. The molecule has 0 spiro atoms. The van der Waals surface area contributed by atoms with Crippen molar-refractivity contribution in [2.75, 3.05) is 41.8 Å². The van der Waals surface area contributed by atoms with Crippen molar-refractivity contribution < 1.29 is 39.0 Å². The van der Waals surface area contributed by atoms with Gasteiger partial charge in [0.2, 0.25) is 17.8 Å². The van der Waals surface area contributed by atoms with E-state index in [-0.39, 0.29) is 71.6 Å². The second-order valence-electron chi connectivity index (χ2n) is 15.0. The van der Waals surface area contributed by atoms with Crippen molar-refractivity contribution in [3.63, 3.8) is 0 Å². The number of rotatable bonds is 20. The third-order valence-electron chi connectivity index (χ3n) is 10.6. The molecule has 0 saturated carbocycles. The van der Waals surface area contributed by atoms with Gasteiger partial charge in [0.1, 0.15) is 12.3 Å². The lowest BCUT2D eigenvalue weighted by Gasteiger charge is -2.33. The van der Waals surface area contributed by atoms with Crippen LogP contribution in [0.4, 0.5) is 23.1 Å². The van der Waals surface area contributed by atoms with Gasteiger partial charge in [-0.25, -0.2) is 14.8 Å². The second kappa shape index (κ2) is 19.9. The number of carboxylic acids is 1. The normalized spacial score (nSPS) is 16.5. The zero-order valence-electron chi connectivity index (χ0n) is 33.7. The molecule has 322 valence electrons. The van der Waals surface area contributed by atoms with Gasteiger partial charge in [0.05, 0.1) is 35.6 Å². The van der Waals surface area contributed by atoms with Crippen LogP contribution in [0.5, 0.6) is 0 Å². The lowest BCUT2D eigenvalue weighted by atomic mass is 10.0. The Morgan fingerprint density at radius 2 is 1.67 bits per heavy atom. The van der Waals surface area contributed by atoms with E-state index in [0.717, 1.165) is 49.1 Å². The Kier molecular flexibility index (Phi) is 14.2. The highest BCUT2D eigenvalue weighted by atomic mass is 16.4. The topological polar surface area (TPSA) is 301 Å². The quantitative estimate of drug-likeness (QED) is 0.0466. The van der Waals surface area contributed by atoms with E-state index in [4.69, 9.17) is 11.5 Å². The predicted molar refractivity (Wildman–Crippen MR) is 224 cm³/mol. The number of carboxylic acid groups (broad SMARTS) is 1. The van der Waals surface area contributed by atoms with Gasteiger partial charge in [-0.2, -0.15) is 9.97 Å². The van der Waals surface area contributed by atoms with Crippen molar-refractivity contribution in [3.05, 3.63) is 71.0 Å². The van der Waals surface area contributed by atoms with E-state index in [1.807, 2.05) is 11.9 Å². The number of nitrogen functional groups attached to an aromatic ring is 2. The second-order valence-corrected chi connectivity index (χ2v) is 15.0. The summed E-state index contributed by atoms with van der Waals surface area (Å²) in [6.45, 7) is 1.39. The third-order valence-corrected chi connectivity index (χ3v) is 10.6. The van der Waals surface area contributed by atoms with Gasteiger partial charge < -0.3 is 47.8 Å². The Hall–Kier alpha value is -6.96. The van der Waals surface area contributed by atoms with Crippen LogP contribution in [0.3, 0.4) is 0 Å². The minimum absolute atomic E-state index is 0.00616. The summed E-state index contributed by atoms with van der Waals surface area (Å²) in [5.74, 6) is -3.29. The van der Waals surface area contributed by atoms with Crippen molar-refractivity contribution in [1.82, 2.24) is 40.8 Å². The fourth-order valence-electron chi connectivity index (χ4n) is 7.32. The molecule has 61 heavy (non-hydrogen) atoms. The molecular formula is C41H50N12O8. The summed E-state index contributed by atoms with van der Waals surface area (Å²) in [5, 5.41) is 31.1. The van der Waals surface area contributed by atoms with E-state index in [2.05, 4.69) is 41.2 Å². The van der Waals surface area contributed by atoms with Crippen LogP contribution < -0.4 is 37.6 Å². The molecule has 3 atom stereocenters. The zero-order chi connectivity index (χ0) is 43.6. The Labute approximate surface area is 350 Å². The number of hydrogen-bond donors (Lipinski definition) is 8. The van der Waals surface area contributed by atoms with E-state index >= 15 is 0 Å². The van der Waals surface area contributed by atoms with Crippen LogP contribution in [-0.2, 0) is 20.9 Å². The maximum absolute atomic E-state index is 13.3. The number of benzene rings is 2. The Morgan fingerprint density at radius 1 is 0.951 bits per heavy atom. The first-order chi connectivity index (χ1) is 29.3. The van der Waals surface area contributed by atoms with Crippen LogP contribution >= 0.6 is 0 Å². The summed E-state index contributed by atoms with van der Waals surface area (Å²) in [5.41, 5.74) is 14.9. The lowest BCUT2D eigenvalue weighted by Crippen LogP contribution is -2.57. The molecule has 5 amide bonds. The van der Waals surface area contributed by atoms with Crippen molar-refractivity contribution in [2.24, 2.45) is 0 Å². The van der Waals surface area contributed by atoms with Gasteiger partial charge >= 0.3 is 5.97 Å². The fourth-order valence-corrected chi connectivity index (χ4v) is 7.32. The average Bonchev–Trinajstić information content (AvgIpc) is 3.48. The molecule has 4 aromatic rings. The molecule has 6 rings (SSSR count). The number of amides is 5. The third kappa shape index (κ3) is 10.8. The number of unbranched alkanes of at least 4 members (excludes halogenated alkanes) is 5. The standard InChI is InChI=1S/C41H50N12O8/c1-52(22-24-21-46-35-33(47-24)34(42)50-41(43)51-35)25-13-11-23(12-14-25)36(56)48-28(40(60)61)15-17-30(54)45-20-7-5-3-2-4-6-19-44-27-10-8-9-26-32(27)39(59)53(38(26)58)29-16-18-31(55)49-37(29)57/h8-14,21,28-29,37,44,57H,2-7,15-20,22H2,1H3,(H,45,54)(H,48,56)(H,49,55)(H,60,61)(H4,42,43,46,50,51)/t28-,29?,37?/m0/s1. The van der Waals surface area contributed by atoms with Gasteiger partial charge in [0.25, 0.3) is 17.7 Å². The molecule has 2 aliphatic rings. The Morgan fingerprint density at radius 3 is 2.39 bits per heavy atom. The first kappa shape index (κ1) is 43.6. The number of nitrogens with two attached hydrogens (primary N) is 2. The maximum Gasteiger partial charge on any atom is 0.326 e.